The van der Waals surface area contributed by atoms with E-state index in [-0.39, 0.29) is 76.7 Å². The van der Waals surface area contributed by atoms with Gasteiger partial charge in [-0.2, -0.15) is 0 Å². The fraction of sp³-hybridized carbons (Fsp3) is 0.833. The van der Waals surface area contributed by atoms with Crippen LogP contribution in [0.15, 0.2) is 4.99 Å². The van der Waals surface area contributed by atoms with Crippen LogP contribution in [0, 0.1) is 0 Å². The van der Waals surface area contributed by atoms with Gasteiger partial charge in [-0.05, 0) is 6.42 Å². The number of hydrogen-bond donors (Lipinski definition) is 0. The monoisotopic (exact) mass is 401 g/mol. The second kappa shape index (κ2) is 17.4. The average Bonchev–Trinajstić information content (AvgIpc) is 2.92. The van der Waals surface area contributed by atoms with Crippen molar-refractivity contribution in [3.05, 3.63) is 0 Å². The maximum Gasteiger partial charge on any atom is 1.00 e. The van der Waals surface area contributed by atoms with Crippen LogP contribution in [0.1, 0.15) is 58.3 Å². The van der Waals surface area contributed by atoms with Gasteiger partial charge < -0.3 is 24.5 Å². The van der Waals surface area contributed by atoms with Crippen molar-refractivity contribution in [2.24, 2.45) is 4.99 Å². The van der Waals surface area contributed by atoms with E-state index in [1.54, 1.807) is 0 Å². The molecule has 0 aliphatic carbocycles. The SMILES string of the molecule is CCCCCCCCCC1=NCC[N+]1(CCOCC(=O)[O-])CC(=O)[O-].[Na+].[Na+]. The van der Waals surface area contributed by atoms with E-state index in [1.807, 2.05) is 0 Å². The molecule has 0 amide bonds. The Kier molecular flexibility index (Phi) is 19.2. The molecule has 7 nitrogen and oxygen atoms in total. The minimum absolute atomic E-state index is 0. The molecule has 0 saturated carbocycles. The van der Waals surface area contributed by atoms with E-state index >= 15 is 0 Å². The fourth-order valence-corrected chi connectivity index (χ4v) is 3.34. The standard InChI is InChI=1S/C18H32N2O5.2Na/c1-2-3-4-5-6-7-8-9-16-19-10-11-20(16,14-17(21)22)12-13-25-15-18(23)24;;/h2-15H2,1H3,(H-,21,22,23,24);;/q;2*+1/p-1. The number of hydrogen-bond acceptors (Lipinski definition) is 6. The summed E-state index contributed by atoms with van der Waals surface area (Å²) in [6.07, 6.45) is 9.13. The molecule has 1 heterocycles. The number of rotatable bonds is 15. The van der Waals surface area contributed by atoms with E-state index in [0.29, 0.717) is 19.6 Å². The summed E-state index contributed by atoms with van der Waals surface area (Å²) in [5, 5.41) is 21.6. The van der Waals surface area contributed by atoms with E-state index in [4.69, 9.17) is 4.74 Å². The van der Waals surface area contributed by atoms with Crippen molar-refractivity contribution < 1.29 is 88.1 Å². The van der Waals surface area contributed by atoms with Crippen LogP contribution in [0.4, 0.5) is 0 Å². The molecule has 0 N–H and O–H groups in total. The Morgan fingerprint density at radius 3 is 2.26 bits per heavy atom. The first kappa shape index (κ1) is 29.7. The van der Waals surface area contributed by atoms with Crippen LogP contribution in [0.25, 0.3) is 0 Å². The Hall–Kier alpha value is 0.530. The number of carboxylic acids is 2. The minimum Gasteiger partial charge on any atom is -0.548 e. The van der Waals surface area contributed by atoms with E-state index in [0.717, 1.165) is 25.1 Å². The number of carboxylic acid groups (broad SMARTS) is 2. The van der Waals surface area contributed by atoms with Gasteiger partial charge in [0.05, 0.1) is 31.7 Å². The van der Waals surface area contributed by atoms with Gasteiger partial charge in [-0.15, -0.1) is 0 Å². The van der Waals surface area contributed by atoms with Crippen LogP contribution in [0.5, 0.6) is 0 Å². The Morgan fingerprint density at radius 1 is 1.04 bits per heavy atom. The summed E-state index contributed by atoms with van der Waals surface area (Å²) in [5.41, 5.74) is 0. The van der Waals surface area contributed by atoms with Crippen molar-refractivity contribution in [3.63, 3.8) is 0 Å². The van der Waals surface area contributed by atoms with Gasteiger partial charge in [-0.3, -0.25) is 4.48 Å². The molecule has 1 aliphatic heterocycles. The van der Waals surface area contributed by atoms with Gasteiger partial charge >= 0.3 is 59.1 Å². The van der Waals surface area contributed by atoms with Crippen molar-refractivity contribution >= 4 is 17.8 Å². The summed E-state index contributed by atoms with van der Waals surface area (Å²) >= 11 is 0. The molecule has 0 fully saturated rings. The zero-order valence-corrected chi connectivity index (χ0v) is 21.3. The van der Waals surface area contributed by atoms with Crippen LogP contribution >= 0.6 is 0 Å². The molecule has 1 aliphatic rings. The zero-order valence-electron chi connectivity index (χ0n) is 17.3. The van der Waals surface area contributed by atoms with E-state index in [2.05, 4.69) is 11.9 Å². The summed E-state index contributed by atoms with van der Waals surface area (Å²) in [6.45, 7) is 3.35. The smallest absolute Gasteiger partial charge is 0.548 e. The Labute approximate surface area is 207 Å². The maximum absolute atomic E-state index is 11.2. The number of aliphatic imine (C=N–C) groups is 1. The Morgan fingerprint density at radius 2 is 1.67 bits per heavy atom. The van der Waals surface area contributed by atoms with Gasteiger partial charge in [-0.25, -0.2) is 4.99 Å². The van der Waals surface area contributed by atoms with Crippen LogP contribution in [-0.4, -0.2) is 61.7 Å². The third kappa shape index (κ3) is 12.6. The van der Waals surface area contributed by atoms with Gasteiger partial charge in [-0.1, -0.05) is 45.4 Å². The molecule has 27 heavy (non-hydrogen) atoms. The summed E-state index contributed by atoms with van der Waals surface area (Å²) < 4.78 is 5.27. The predicted octanol–water partition coefficient (Wildman–Crippen LogP) is -6.12. The summed E-state index contributed by atoms with van der Waals surface area (Å²) in [5.74, 6) is -1.51. The molecule has 144 valence electrons. The molecule has 0 bridgehead atoms. The number of amidine groups is 1. The van der Waals surface area contributed by atoms with Crippen LogP contribution in [-0.2, 0) is 14.3 Å². The summed E-state index contributed by atoms with van der Waals surface area (Å²) in [6, 6.07) is 0. The molecule has 0 aromatic heterocycles. The van der Waals surface area contributed by atoms with E-state index < -0.39 is 18.5 Å². The van der Waals surface area contributed by atoms with Gasteiger partial charge in [0.2, 0.25) is 0 Å². The van der Waals surface area contributed by atoms with Gasteiger partial charge in [0, 0.05) is 6.42 Å². The first-order chi connectivity index (χ1) is 12.0. The van der Waals surface area contributed by atoms with Crippen LogP contribution < -0.4 is 69.3 Å². The number of quaternary nitrogens is 1. The zero-order chi connectivity index (χ0) is 18.5. The first-order valence-corrected chi connectivity index (χ1v) is 9.37. The largest absolute Gasteiger partial charge is 1.00 e. The molecule has 0 saturated heterocycles. The van der Waals surface area contributed by atoms with Crippen molar-refractivity contribution in [1.82, 2.24) is 0 Å². The molecule has 0 spiro atoms. The van der Waals surface area contributed by atoms with Gasteiger partial charge in [0.15, 0.2) is 5.84 Å². The second-order valence-corrected chi connectivity index (χ2v) is 6.72. The van der Waals surface area contributed by atoms with Crippen molar-refractivity contribution in [2.45, 2.75) is 58.3 Å². The molecule has 9 heteroatoms. The fourth-order valence-electron chi connectivity index (χ4n) is 3.34. The number of nitrogens with zero attached hydrogens (tertiary/aromatic N) is 2. The molecular weight excluding hydrogens is 370 g/mol. The number of aliphatic carboxylic acids is 2. The first-order valence-electron chi connectivity index (χ1n) is 9.37. The normalized spacial score (nSPS) is 18.3. The molecule has 0 aromatic rings. The van der Waals surface area contributed by atoms with E-state index in [1.165, 1.54) is 32.1 Å². The van der Waals surface area contributed by atoms with E-state index in [9.17, 15) is 19.8 Å². The van der Waals surface area contributed by atoms with Crippen molar-refractivity contribution in [2.75, 3.05) is 39.4 Å². The Balaban J connectivity index is 0. The number of carbonyl (C=O) groups is 2. The third-order valence-electron chi connectivity index (χ3n) is 4.69. The maximum atomic E-state index is 11.2. The molecule has 0 radical (unpaired) electrons. The predicted molar refractivity (Wildman–Crippen MR) is 90.6 cm³/mol. The van der Waals surface area contributed by atoms with Crippen LogP contribution in [0.3, 0.4) is 0 Å². The summed E-state index contributed by atoms with van der Waals surface area (Å²) in [7, 11) is 0. The molecule has 1 unspecified atom stereocenters. The van der Waals surface area contributed by atoms with Crippen LogP contribution in [0.2, 0.25) is 0 Å². The Bertz CT molecular complexity index is 463. The molecular formula is C18H31N2Na2O5+. The van der Waals surface area contributed by atoms with Crippen molar-refractivity contribution in [3.8, 4) is 0 Å². The minimum atomic E-state index is -1.27. The molecule has 1 rings (SSSR count). The quantitative estimate of drug-likeness (QED) is 0.154. The molecule has 1 atom stereocenters. The van der Waals surface area contributed by atoms with Gasteiger partial charge in [0.25, 0.3) is 0 Å². The second-order valence-electron chi connectivity index (χ2n) is 6.72. The molecule has 0 aromatic carbocycles. The topological polar surface area (TPSA) is 102 Å². The number of unbranched alkanes of at least 4 members (excludes halogenated alkanes) is 6. The third-order valence-corrected chi connectivity index (χ3v) is 4.69. The van der Waals surface area contributed by atoms with Gasteiger partial charge in [0.1, 0.15) is 19.6 Å². The van der Waals surface area contributed by atoms with Crippen molar-refractivity contribution in [1.29, 1.82) is 0 Å². The number of carbonyl (C=O) groups excluding carboxylic acids is 2. The average molecular weight is 401 g/mol. The number of ether oxygens (including phenoxy) is 1. The summed E-state index contributed by atoms with van der Waals surface area (Å²) in [4.78, 5) is 26.1.